The van der Waals surface area contributed by atoms with Gasteiger partial charge in [0.15, 0.2) is 0 Å². The van der Waals surface area contributed by atoms with Crippen molar-refractivity contribution in [1.29, 1.82) is 0 Å². The fraction of sp³-hybridized carbons (Fsp3) is 0.125. The third-order valence-electron chi connectivity index (χ3n) is 4.49. The highest BCUT2D eigenvalue weighted by atomic mass is 16.7. The predicted molar refractivity (Wildman–Crippen MR) is 108 cm³/mol. The number of benzene rings is 3. The Morgan fingerprint density at radius 2 is 1.22 bits per heavy atom. The largest absolute Gasteiger partial charge is 0.369 e. The summed E-state index contributed by atoms with van der Waals surface area (Å²) in [6.07, 6.45) is 2.57. The number of hydrogen-bond acceptors (Lipinski definition) is 3. The Bertz CT molecular complexity index is 764. The molecule has 3 rings (SSSR count). The third-order valence-corrected chi connectivity index (χ3v) is 4.49. The Morgan fingerprint density at radius 3 is 1.59 bits per heavy atom. The number of hydrogen-bond donors (Lipinski definition) is 1. The van der Waals surface area contributed by atoms with Gasteiger partial charge in [-0.25, -0.2) is 0 Å². The van der Waals surface area contributed by atoms with Crippen LogP contribution in [0, 0.1) is 0 Å². The molecule has 27 heavy (non-hydrogen) atoms. The van der Waals surface area contributed by atoms with Gasteiger partial charge >= 0.3 is 5.97 Å². The van der Waals surface area contributed by atoms with Gasteiger partial charge in [0.1, 0.15) is 5.54 Å². The van der Waals surface area contributed by atoms with Gasteiger partial charge in [-0.1, -0.05) is 97.1 Å². The summed E-state index contributed by atoms with van der Waals surface area (Å²) in [4.78, 5) is 17.7. The van der Waals surface area contributed by atoms with E-state index in [-0.39, 0.29) is 12.4 Å². The number of rotatable bonds is 8. The van der Waals surface area contributed by atoms with Crippen LogP contribution in [0.5, 0.6) is 0 Å². The first-order valence-corrected chi connectivity index (χ1v) is 9.01. The third kappa shape index (κ3) is 4.15. The maximum absolute atomic E-state index is 12.2. The van der Waals surface area contributed by atoms with Crippen LogP contribution in [-0.4, -0.2) is 5.97 Å². The van der Waals surface area contributed by atoms with Crippen molar-refractivity contribution in [3.8, 4) is 0 Å². The minimum atomic E-state index is -0.812. The highest BCUT2D eigenvalue weighted by Crippen LogP contribution is 2.36. The molecule has 3 aromatic rings. The van der Waals surface area contributed by atoms with Crippen LogP contribution in [0.25, 0.3) is 0 Å². The summed E-state index contributed by atoms with van der Waals surface area (Å²) in [6.45, 7) is 3.66. The molecule has 0 aromatic heterocycles. The van der Waals surface area contributed by atoms with E-state index in [1.54, 1.807) is 6.08 Å². The van der Waals surface area contributed by atoms with Gasteiger partial charge in [-0.15, -0.1) is 12.1 Å². The fourth-order valence-electron chi connectivity index (χ4n) is 3.15. The first-order valence-electron chi connectivity index (χ1n) is 9.01. The van der Waals surface area contributed by atoms with Crippen molar-refractivity contribution in [2.45, 2.75) is 18.4 Å². The minimum absolute atomic E-state index is 0.283. The highest BCUT2D eigenvalue weighted by Gasteiger charge is 2.37. The van der Waals surface area contributed by atoms with Crippen LogP contribution >= 0.6 is 0 Å². The molecule has 0 aliphatic rings. The van der Waals surface area contributed by atoms with E-state index in [1.807, 2.05) is 91.0 Å². The molecule has 3 aromatic carbocycles. The van der Waals surface area contributed by atoms with E-state index in [9.17, 15) is 4.79 Å². The molecule has 3 heteroatoms. The number of carbonyl (C=O) groups excluding carboxylic acids is 1. The van der Waals surface area contributed by atoms with Crippen LogP contribution in [0.4, 0.5) is 0 Å². The number of hydroxylamine groups is 1. The van der Waals surface area contributed by atoms with Gasteiger partial charge in [0.25, 0.3) is 0 Å². The van der Waals surface area contributed by atoms with Gasteiger partial charge < -0.3 is 4.84 Å². The van der Waals surface area contributed by atoms with Crippen molar-refractivity contribution in [3.63, 3.8) is 0 Å². The lowest BCUT2D eigenvalue weighted by molar-refractivity contribution is -0.154. The standard InChI is InChI=1S/C24H23NO2/c1-2-3-19-23(26)27-25-24(20-13-7-4-8-14-20,21-15-9-5-10-16-21)22-17-11-6-12-18-22/h2,4-18,25H,1,3,19H2. The lowest BCUT2D eigenvalue weighted by atomic mass is 9.78. The van der Waals surface area contributed by atoms with E-state index in [1.165, 1.54) is 0 Å². The quantitative estimate of drug-likeness (QED) is 0.350. The molecule has 0 unspecified atom stereocenters. The molecule has 0 atom stereocenters. The molecular formula is C24H23NO2. The van der Waals surface area contributed by atoms with Crippen molar-refractivity contribution in [1.82, 2.24) is 5.48 Å². The van der Waals surface area contributed by atoms with Crippen LogP contribution in [0.3, 0.4) is 0 Å². The Labute approximate surface area is 160 Å². The molecule has 0 radical (unpaired) electrons. The zero-order valence-electron chi connectivity index (χ0n) is 15.2. The molecule has 0 fully saturated rings. The second-order valence-corrected chi connectivity index (χ2v) is 6.25. The summed E-state index contributed by atoms with van der Waals surface area (Å²) >= 11 is 0. The van der Waals surface area contributed by atoms with Gasteiger partial charge in [-0.2, -0.15) is 0 Å². The molecule has 0 saturated heterocycles. The maximum Gasteiger partial charge on any atom is 0.325 e. The lowest BCUT2D eigenvalue weighted by Gasteiger charge is -2.35. The molecule has 3 nitrogen and oxygen atoms in total. The second-order valence-electron chi connectivity index (χ2n) is 6.25. The van der Waals surface area contributed by atoms with Crippen molar-refractivity contribution in [2.24, 2.45) is 0 Å². The zero-order chi connectivity index (χ0) is 19.0. The summed E-state index contributed by atoms with van der Waals surface area (Å²) in [5.74, 6) is -0.318. The Morgan fingerprint density at radius 1 is 0.815 bits per heavy atom. The highest BCUT2D eigenvalue weighted by molar-refractivity contribution is 5.69. The van der Waals surface area contributed by atoms with Crippen molar-refractivity contribution >= 4 is 5.97 Å². The Balaban J connectivity index is 2.11. The van der Waals surface area contributed by atoms with Gasteiger partial charge in [-0.05, 0) is 23.1 Å². The molecule has 0 saturated carbocycles. The van der Waals surface area contributed by atoms with Gasteiger partial charge in [0.2, 0.25) is 0 Å². The number of carbonyl (C=O) groups is 1. The van der Waals surface area contributed by atoms with Crippen molar-refractivity contribution in [3.05, 3.63) is 120 Å². The molecule has 1 N–H and O–H groups in total. The molecule has 0 spiro atoms. The van der Waals surface area contributed by atoms with E-state index < -0.39 is 5.54 Å². The summed E-state index contributed by atoms with van der Waals surface area (Å²) in [7, 11) is 0. The van der Waals surface area contributed by atoms with Crippen LogP contribution in [0.15, 0.2) is 104 Å². The summed E-state index contributed by atoms with van der Waals surface area (Å²) in [5, 5.41) is 0. The summed E-state index contributed by atoms with van der Waals surface area (Å²) in [5.41, 5.74) is 5.25. The minimum Gasteiger partial charge on any atom is -0.369 e. The van der Waals surface area contributed by atoms with Crippen molar-refractivity contribution < 1.29 is 9.63 Å². The van der Waals surface area contributed by atoms with Crippen LogP contribution in [0.1, 0.15) is 29.5 Å². The monoisotopic (exact) mass is 357 g/mol. The molecule has 0 bridgehead atoms. The molecular weight excluding hydrogens is 334 g/mol. The lowest BCUT2D eigenvalue weighted by Crippen LogP contribution is -2.45. The molecule has 136 valence electrons. The molecule has 0 heterocycles. The van der Waals surface area contributed by atoms with E-state index in [0.29, 0.717) is 6.42 Å². The maximum atomic E-state index is 12.2. The molecule has 0 aliphatic heterocycles. The van der Waals surface area contributed by atoms with Crippen molar-refractivity contribution in [2.75, 3.05) is 0 Å². The van der Waals surface area contributed by atoms with Crippen LogP contribution in [0.2, 0.25) is 0 Å². The van der Waals surface area contributed by atoms with E-state index in [0.717, 1.165) is 16.7 Å². The molecule has 0 aliphatic carbocycles. The first kappa shape index (κ1) is 18.6. The summed E-state index contributed by atoms with van der Waals surface area (Å²) in [6, 6.07) is 30.0. The topological polar surface area (TPSA) is 38.3 Å². The van der Waals surface area contributed by atoms with E-state index in [4.69, 9.17) is 4.84 Å². The SMILES string of the molecule is C=CCCC(=O)ONC(c1ccccc1)(c1ccccc1)c1ccccc1. The number of nitrogens with one attached hydrogen (secondary N) is 1. The smallest absolute Gasteiger partial charge is 0.325 e. The zero-order valence-corrected chi connectivity index (χ0v) is 15.2. The fourth-order valence-corrected chi connectivity index (χ4v) is 3.15. The molecule has 0 amide bonds. The van der Waals surface area contributed by atoms with E-state index in [2.05, 4.69) is 12.1 Å². The Kier molecular flexibility index (Phi) is 6.18. The predicted octanol–water partition coefficient (Wildman–Crippen LogP) is 4.99. The van der Waals surface area contributed by atoms with Crippen LogP contribution in [-0.2, 0) is 15.2 Å². The first-order chi connectivity index (χ1) is 13.3. The second kappa shape index (κ2) is 8.97. The van der Waals surface area contributed by atoms with E-state index >= 15 is 0 Å². The van der Waals surface area contributed by atoms with Crippen LogP contribution < -0.4 is 5.48 Å². The summed E-state index contributed by atoms with van der Waals surface area (Å²) < 4.78 is 0. The normalized spacial score (nSPS) is 11.0. The average Bonchev–Trinajstić information content (AvgIpc) is 2.75. The Hall–Kier alpha value is -3.17. The average molecular weight is 357 g/mol. The van der Waals surface area contributed by atoms with Gasteiger partial charge in [0.05, 0.1) is 6.42 Å². The van der Waals surface area contributed by atoms with Gasteiger partial charge in [0, 0.05) is 0 Å². The number of allylic oxidation sites excluding steroid dienone is 1. The van der Waals surface area contributed by atoms with Gasteiger partial charge in [-0.3, -0.25) is 4.79 Å².